The highest BCUT2D eigenvalue weighted by Crippen LogP contribution is 2.25. The molecule has 1 aliphatic rings. The van der Waals surface area contributed by atoms with E-state index in [1.54, 1.807) is 0 Å². The van der Waals surface area contributed by atoms with E-state index in [9.17, 15) is 0 Å². The molecule has 2 nitrogen and oxygen atoms in total. The minimum atomic E-state index is 0.402. The minimum absolute atomic E-state index is 0.402. The molecule has 2 heteroatoms. The molecule has 0 bridgehead atoms. The molecule has 1 unspecified atom stereocenters. The van der Waals surface area contributed by atoms with E-state index in [1.165, 1.54) is 12.8 Å². The highest BCUT2D eigenvalue weighted by molar-refractivity contribution is 4.80. The van der Waals surface area contributed by atoms with Crippen LogP contribution in [0.5, 0.6) is 0 Å². The second kappa shape index (κ2) is 5.61. The van der Waals surface area contributed by atoms with Crippen LogP contribution in [0.25, 0.3) is 0 Å². The SMILES string of the molecule is CCC(CC)C(N)C1CCOCC1. The van der Waals surface area contributed by atoms with Crippen LogP contribution >= 0.6 is 0 Å². The van der Waals surface area contributed by atoms with Gasteiger partial charge in [-0.15, -0.1) is 0 Å². The first kappa shape index (κ1) is 11.0. The van der Waals surface area contributed by atoms with Gasteiger partial charge in [-0.1, -0.05) is 26.7 Å². The summed E-state index contributed by atoms with van der Waals surface area (Å²) in [5.74, 6) is 1.42. The molecule has 1 saturated heterocycles. The molecule has 0 spiro atoms. The molecule has 0 aromatic rings. The molecule has 0 aromatic heterocycles. The van der Waals surface area contributed by atoms with Crippen LogP contribution in [0.2, 0.25) is 0 Å². The van der Waals surface area contributed by atoms with E-state index in [2.05, 4.69) is 13.8 Å². The van der Waals surface area contributed by atoms with Crippen molar-refractivity contribution in [3.05, 3.63) is 0 Å². The number of rotatable bonds is 4. The molecule has 0 aliphatic carbocycles. The fourth-order valence-corrected chi connectivity index (χ4v) is 2.32. The molecule has 0 aromatic carbocycles. The predicted octanol–water partition coefficient (Wildman–Crippen LogP) is 2.18. The van der Waals surface area contributed by atoms with Gasteiger partial charge in [-0.25, -0.2) is 0 Å². The number of hydrogen-bond acceptors (Lipinski definition) is 2. The fraction of sp³-hybridized carbons (Fsp3) is 1.00. The van der Waals surface area contributed by atoms with Crippen molar-refractivity contribution >= 4 is 0 Å². The highest BCUT2D eigenvalue weighted by atomic mass is 16.5. The monoisotopic (exact) mass is 185 g/mol. The lowest BCUT2D eigenvalue weighted by atomic mass is 9.82. The molecular weight excluding hydrogens is 162 g/mol. The third kappa shape index (κ3) is 2.96. The third-order valence-electron chi connectivity index (χ3n) is 3.40. The van der Waals surface area contributed by atoms with Gasteiger partial charge in [0.25, 0.3) is 0 Å². The summed E-state index contributed by atoms with van der Waals surface area (Å²) < 4.78 is 5.34. The molecule has 1 atom stereocenters. The Bertz CT molecular complexity index is 128. The van der Waals surface area contributed by atoms with Crippen LogP contribution in [0.4, 0.5) is 0 Å². The molecule has 1 aliphatic heterocycles. The Balaban J connectivity index is 2.38. The van der Waals surface area contributed by atoms with Crippen LogP contribution in [0.1, 0.15) is 39.5 Å². The zero-order valence-electron chi connectivity index (χ0n) is 8.96. The van der Waals surface area contributed by atoms with Crippen molar-refractivity contribution in [1.29, 1.82) is 0 Å². The first-order chi connectivity index (χ1) is 6.29. The highest BCUT2D eigenvalue weighted by Gasteiger charge is 2.25. The Morgan fingerprint density at radius 1 is 1.23 bits per heavy atom. The molecule has 78 valence electrons. The lowest BCUT2D eigenvalue weighted by Crippen LogP contribution is -2.39. The van der Waals surface area contributed by atoms with E-state index in [-0.39, 0.29) is 0 Å². The summed E-state index contributed by atoms with van der Waals surface area (Å²) in [7, 11) is 0. The molecule has 1 rings (SSSR count). The summed E-state index contributed by atoms with van der Waals surface area (Å²) in [6, 6.07) is 0.402. The topological polar surface area (TPSA) is 35.2 Å². The van der Waals surface area contributed by atoms with E-state index >= 15 is 0 Å². The van der Waals surface area contributed by atoms with Crippen LogP contribution < -0.4 is 5.73 Å². The Morgan fingerprint density at radius 2 is 1.77 bits per heavy atom. The minimum Gasteiger partial charge on any atom is -0.381 e. The van der Waals surface area contributed by atoms with Gasteiger partial charge in [0, 0.05) is 19.3 Å². The zero-order valence-corrected chi connectivity index (χ0v) is 8.96. The van der Waals surface area contributed by atoms with Crippen molar-refractivity contribution < 1.29 is 4.74 Å². The van der Waals surface area contributed by atoms with Crippen molar-refractivity contribution in [2.75, 3.05) is 13.2 Å². The molecule has 1 fully saturated rings. The van der Waals surface area contributed by atoms with Crippen LogP contribution in [0, 0.1) is 11.8 Å². The normalized spacial score (nSPS) is 22.2. The zero-order chi connectivity index (χ0) is 9.68. The lowest BCUT2D eigenvalue weighted by molar-refractivity contribution is 0.0503. The number of nitrogens with two attached hydrogens (primary N) is 1. The van der Waals surface area contributed by atoms with E-state index in [0.717, 1.165) is 26.1 Å². The quantitative estimate of drug-likeness (QED) is 0.728. The Labute approximate surface area is 81.8 Å². The van der Waals surface area contributed by atoms with Gasteiger partial charge in [0.15, 0.2) is 0 Å². The fourth-order valence-electron chi connectivity index (χ4n) is 2.32. The maximum Gasteiger partial charge on any atom is 0.0469 e. The van der Waals surface area contributed by atoms with Gasteiger partial charge in [0.2, 0.25) is 0 Å². The summed E-state index contributed by atoms with van der Waals surface area (Å²) in [6.45, 7) is 6.32. The molecular formula is C11H23NO. The Hall–Kier alpha value is -0.0800. The van der Waals surface area contributed by atoms with Gasteiger partial charge < -0.3 is 10.5 Å². The molecule has 0 radical (unpaired) electrons. The largest absolute Gasteiger partial charge is 0.381 e. The third-order valence-corrected chi connectivity index (χ3v) is 3.40. The number of hydrogen-bond donors (Lipinski definition) is 1. The van der Waals surface area contributed by atoms with E-state index in [0.29, 0.717) is 17.9 Å². The van der Waals surface area contributed by atoms with Crippen LogP contribution in [0.3, 0.4) is 0 Å². The Morgan fingerprint density at radius 3 is 2.23 bits per heavy atom. The summed E-state index contributed by atoms with van der Waals surface area (Å²) >= 11 is 0. The smallest absolute Gasteiger partial charge is 0.0469 e. The van der Waals surface area contributed by atoms with E-state index in [1.807, 2.05) is 0 Å². The van der Waals surface area contributed by atoms with Crippen molar-refractivity contribution in [3.63, 3.8) is 0 Å². The second-order valence-corrected chi connectivity index (χ2v) is 4.10. The van der Waals surface area contributed by atoms with Crippen molar-refractivity contribution in [2.24, 2.45) is 17.6 Å². The maximum atomic E-state index is 6.26. The summed E-state index contributed by atoms with van der Waals surface area (Å²) in [6.07, 6.45) is 4.76. The van der Waals surface area contributed by atoms with Crippen LogP contribution in [-0.4, -0.2) is 19.3 Å². The molecule has 2 N–H and O–H groups in total. The summed E-state index contributed by atoms with van der Waals surface area (Å²) in [4.78, 5) is 0. The van der Waals surface area contributed by atoms with Gasteiger partial charge in [0.1, 0.15) is 0 Å². The van der Waals surface area contributed by atoms with Gasteiger partial charge >= 0.3 is 0 Å². The lowest BCUT2D eigenvalue weighted by Gasteiger charge is -2.32. The standard InChI is InChI=1S/C11H23NO/c1-3-9(4-2)11(12)10-5-7-13-8-6-10/h9-11H,3-8,12H2,1-2H3. The molecule has 13 heavy (non-hydrogen) atoms. The van der Waals surface area contributed by atoms with Crippen LogP contribution in [-0.2, 0) is 4.74 Å². The first-order valence-electron chi connectivity index (χ1n) is 5.62. The van der Waals surface area contributed by atoms with E-state index in [4.69, 9.17) is 10.5 Å². The Kier molecular flexibility index (Phi) is 4.74. The molecule has 0 saturated carbocycles. The van der Waals surface area contributed by atoms with Gasteiger partial charge in [-0.2, -0.15) is 0 Å². The average Bonchev–Trinajstić information content (AvgIpc) is 2.21. The van der Waals surface area contributed by atoms with Gasteiger partial charge in [-0.05, 0) is 24.7 Å². The first-order valence-corrected chi connectivity index (χ1v) is 5.62. The maximum absolute atomic E-state index is 6.26. The van der Waals surface area contributed by atoms with Crippen LogP contribution in [0.15, 0.2) is 0 Å². The van der Waals surface area contributed by atoms with Crippen molar-refractivity contribution in [2.45, 2.75) is 45.6 Å². The molecule has 1 heterocycles. The second-order valence-electron chi connectivity index (χ2n) is 4.10. The van der Waals surface area contributed by atoms with Gasteiger partial charge in [-0.3, -0.25) is 0 Å². The summed E-state index contributed by atoms with van der Waals surface area (Å²) in [5.41, 5.74) is 6.26. The predicted molar refractivity (Wildman–Crippen MR) is 55.6 cm³/mol. The molecule has 0 amide bonds. The summed E-state index contributed by atoms with van der Waals surface area (Å²) in [5, 5.41) is 0. The van der Waals surface area contributed by atoms with Crippen molar-refractivity contribution in [3.8, 4) is 0 Å². The van der Waals surface area contributed by atoms with Gasteiger partial charge in [0.05, 0.1) is 0 Å². The van der Waals surface area contributed by atoms with E-state index < -0.39 is 0 Å². The van der Waals surface area contributed by atoms with Crippen molar-refractivity contribution in [1.82, 2.24) is 0 Å². The number of ether oxygens (including phenoxy) is 1. The average molecular weight is 185 g/mol.